The summed E-state index contributed by atoms with van der Waals surface area (Å²) in [4.78, 5) is 5.31. The Morgan fingerprint density at radius 1 is 0.194 bits per heavy atom. The van der Waals surface area contributed by atoms with E-state index in [9.17, 15) is 0 Å². The molecule has 18 aromatic rings. The second-order valence-corrected chi connectivity index (χ2v) is 35.0. The second kappa shape index (κ2) is 24.5. The maximum atomic E-state index is 2.70. The van der Waals surface area contributed by atoms with E-state index in [0.717, 1.165) is 62.1 Å². The van der Waals surface area contributed by atoms with Crippen LogP contribution >= 0.6 is 0 Å². The van der Waals surface area contributed by atoms with Crippen molar-refractivity contribution in [2.75, 3.05) is 9.80 Å². The van der Waals surface area contributed by atoms with Gasteiger partial charge in [0.15, 0.2) is 16.1 Å². The maximum Gasteiger partial charge on any atom is 0.252 e. The highest BCUT2D eigenvalue weighted by Gasteiger charge is 2.48. The first-order valence-corrected chi connectivity index (χ1v) is 39.8. The zero-order chi connectivity index (χ0) is 68.0. The Labute approximate surface area is 602 Å². The predicted molar refractivity (Wildman–Crippen MR) is 442 cm³/mol. The zero-order valence-corrected chi connectivity index (χ0v) is 58.5. The van der Waals surface area contributed by atoms with Crippen LogP contribution in [0.3, 0.4) is 0 Å². The minimum Gasteiger partial charge on any atom is -0.311 e. The smallest absolute Gasteiger partial charge is 0.252 e. The van der Waals surface area contributed by atoms with Crippen LogP contribution in [0.4, 0.5) is 34.1 Å². The van der Waals surface area contributed by atoms with Crippen molar-refractivity contribution in [2.24, 2.45) is 0 Å². The molecule has 103 heavy (non-hydrogen) atoms. The number of nitrogens with zero attached hydrogens (tertiary/aromatic N) is 4. The molecule has 2 aliphatic rings. The molecular weight excluding hydrogens is 1280 g/mol. The molecule has 4 nitrogen and oxygen atoms in total. The largest absolute Gasteiger partial charge is 0.311 e. The van der Waals surface area contributed by atoms with Crippen LogP contribution in [0.15, 0.2) is 406 Å². The molecule has 0 fully saturated rings. The average molecular weight is 1340 g/mol. The Kier molecular flexibility index (Phi) is 14.3. The normalized spacial score (nSPS) is 12.6. The van der Waals surface area contributed by atoms with Gasteiger partial charge in [-0.25, -0.2) is 0 Å². The van der Waals surface area contributed by atoms with Crippen LogP contribution in [0.5, 0.6) is 0 Å². The lowest BCUT2D eigenvalue weighted by Crippen LogP contribution is -2.75. The van der Waals surface area contributed by atoms with E-state index in [2.05, 4.69) is 425 Å². The summed E-state index contributed by atoms with van der Waals surface area (Å²) in [6.45, 7) is -0.226. The van der Waals surface area contributed by atoms with Crippen LogP contribution in [-0.2, 0) is 0 Å². The summed E-state index contributed by atoms with van der Waals surface area (Å²) >= 11 is 0. The van der Waals surface area contributed by atoms with E-state index < -0.39 is 16.1 Å². The summed E-state index contributed by atoms with van der Waals surface area (Å²) in [6, 6.07) is 154. The molecule has 0 aliphatic carbocycles. The van der Waals surface area contributed by atoms with Crippen molar-refractivity contribution in [2.45, 2.75) is 0 Å². The van der Waals surface area contributed by atoms with E-state index >= 15 is 0 Å². The Morgan fingerprint density at radius 3 is 0.932 bits per heavy atom. The highest BCUT2D eigenvalue weighted by molar-refractivity contribution is 7.20. The molecule has 0 saturated heterocycles. The molecule has 20 rings (SSSR count). The van der Waals surface area contributed by atoms with Gasteiger partial charge in [0.1, 0.15) is 0 Å². The fourth-order valence-electron chi connectivity index (χ4n) is 17.9. The molecule has 0 N–H and O–H groups in total. The lowest BCUT2D eigenvalue weighted by Gasteiger charge is -2.45. The van der Waals surface area contributed by atoms with E-state index in [0.29, 0.717) is 0 Å². The molecule has 0 saturated carbocycles. The third-order valence-corrected chi connectivity index (χ3v) is 31.7. The number of hydrogen-bond donors (Lipinski definition) is 0. The van der Waals surface area contributed by atoms with Gasteiger partial charge in [0.25, 0.3) is 6.71 Å². The second-order valence-electron chi connectivity index (χ2n) is 27.4. The molecular formula is C96H67BN4Si2. The van der Waals surface area contributed by atoms with Gasteiger partial charge in [-0.2, -0.15) is 0 Å². The summed E-state index contributed by atoms with van der Waals surface area (Å²) in [7, 11) is -6.29. The van der Waals surface area contributed by atoms with Crippen molar-refractivity contribution in [3.05, 3.63) is 406 Å². The van der Waals surface area contributed by atoms with Crippen LogP contribution in [0, 0.1) is 0 Å². The Morgan fingerprint density at radius 2 is 0.505 bits per heavy atom. The number of anilines is 6. The summed E-state index contributed by atoms with van der Waals surface area (Å²) in [6.07, 6.45) is 0. The van der Waals surface area contributed by atoms with E-state index in [1.54, 1.807) is 0 Å². The molecule has 16 aromatic carbocycles. The summed E-state index contributed by atoms with van der Waals surface area (Å²) in [5, 5.41) is 15.4. The van der Waals surface area contributed by atoms with Crippen molar-refractivity contribution in [1.82, 2.24) is 9.13 Å². The number of benzene rings is 16. The fraction of sp³-hybridized carbons (Fsp3) is 0. The maximum absolute atomic E-state index is 3.17. The first-order valence-electron chi connectivity index (χ1n) is 35.8. The van der Waals surface area contributed by atoms with Gasteiger partial charge in [0.05, 0.1) is 27.8 Å². The van der Waals surface area contributed by atoms with Gasteiger partial charge >= 0.3 is 0 Å². The standard InChI is InChI=1S/C96H67BN4Si2/c1-8-31-68(32-9-1)69-55-57-70(58-56-69)98-92-64-72(99-88-51-26-22-47-82(88)83-48-23-27-52-89(83)99)59-61-86(92)97-87-62-60-81(103(77-40-16-5-17-41-77,78-42-18-6-19-43-78)79-44-20-7-21-45-79)67-93(87)100(95-66-73(65-94(98)96(95)97)101-90-53-28-24-49-84(90)85-50-25-29-54-91(85)101)71-33-30-46-80(63-71)102(74-34-10-2-11-35-74,75-36-12-3-13-37-75)76-38-14-4-15-39-76/h1-67H. The quantitative estimate of drug-likeness (QED) is 0.0845. The van der Waals surface area contributed by atoms with E-state index in [-0.39, 0.29) is 6.71 Å². The fourth-order valence-corrected chi connectivity index (χ4v) is 27.4. The van der Waals surface area contributed by atoms with Gasteiger partial charge in [-0.15, -0.1) is 0 Å². The van der Waals surface area contributed by atoms with E-state index in [1.165, 1.54) is 96.0 Å². The average Bonchev–Trinajstić information content (AvgIpc) is 1.11. The highest BCUT2D eigenvalue weighted by Crippen LogP contribution is 2.48. The summed E-state index contributed by atoms with van der Waals surface area (Å²) < 4.78 is 5.02. The Balaban J connectivity index is 0.941. The van der Waals surface area contributed by atoms with Crippen molar-refractivity contribution >= 4 is 158 Å². The van der Waals surface area contributed by atoms with Crippen LogP contribution in [0.1, 0.15) is 0 Å². The van der Waals surface area contributed by atoms with Gasteiger partial charge < -0.3 is 18.9 Å². The van der Waals surface area contributed by atoms with Crippen molar-refractivity contribution < 1.29 is 0 Å². The molecule has 0 unspecified atom stereocenters. The third kappa shape index (κ3) is 9.36. The van der Waals surface area contributed by atoms with Crippen molar-refractivity contribution in [3.8, 4) is 22.5 Å². The zero-order valence-electron chi connectivity index (χ0n) is 56.5. The van der Waals surface area contributed by atoms with E-state index in [4.69, 9.17) is 0 Å². The minimum atomic E-state index is -3.17. The van der Waals surface area contributed by atoms with Gasteiger partial charge in [0, 0.05) is 61.4 Å². The number of rotatable bonds is 13. The Hall–Kier alpha value is -12.8. The lowest BCUT2D eigenvalue weighted by molar-refractivity contribution is 1.15. The van der Waals surface area contributed by atoms with Gasteiger partial charge in [-0.1, -0.05) is 328 Å². The predicted octanol–water partition coefficient (Wildman–Crippen LogP) is 16.4. The van der Waals surface area contributed by atoms with Crippen LogP contribution in [-0.4, -0.2) is 32.0 Å². The van der Waals surface area contributed by atoms with Crippen LogP contribution in [0.2, 0.25) is 0 Å². The van der Waals surface area contributed by atoms with E-state index in [1.807, 2.05) is 0 Å². The number of para-hydroxylation sites is 4. The molecule has 4 heterocycles. The van der Waals surface area contributed by atoms with Gasteiger partial charge in [0.2, 0.25) is 0 Å². The molecule has 7 heteroatoms. The first kappa shape index (κ1) is 60.2. The first-order chi connectivity index (χ1) is 51.1. The monoisotopic (exact) mass is 1340 g/mol. The number of hydrogen-bond acceptors (Lipinski definition) is 2. The summed E-state index contributed by atoms with van der Waals surface area (Å²) in [5.74, 6) is 0. The molecule has 0 amide bonds. The molecule has 0 spiro atoms. The Bertz CT molecular complexity index is 5950. The highest BCUT2D eigenvalue weighted by atomic mass is 28.3. The molecule has 0 bridgehead atoms. The minimum absolute atomic E-state index is 0.226. The van der Waals surface area contributed by atoms with Crippen molar-refractivity contribution in [3.63, 3.8) is 0 Å². The van der Waals surface area contributed by atoms with Crippen LogP contribution < -0.4 is 67.7 Å². The third-order valence-electron chi connectivity index (χ3n) is 22.2. The van der Waals surface area contributed by atoms with Gasteiger partial charge in [-0.05, 0) is 148 Å². The topological polar surface area (TPSA) is 16.3 Å². The molecule has 0 radical (unpaired) electrons. The van der Waals surface area contributed by atoms with Crippen molar-refractivity contribution in [1.29, 1.82) is 0 Å². The van der Waals surface area contributed by atoms with Gasteiger partial charge in [-0.3, -0.25) is 0 Å². The van der Waals surface area contributed by atoms with Crippen LogP contribution in [0.25, 0.3) is 66.1 Å². The number of aromatic nitrogens is 2. The SMILES string of the molecule is c1ccc(-c2ccc(N3c4cc(-n5c6ccccc6c6ccccc65)ccc4B4c5ccc([Si](c6ccccc6)(c6ccccc6)c6ccccc6)cc5N(c5cccc([Si](c6ccccc6)(c6ccccc6)c6ccccc6)c5)c5cc(-n6c7ccccc7c7ccccc76)cc3c54)cc2)cc1. The molecule has 482 valence electrons. The lowest BCUT2D eigenvalue weighted by atomic mass is 9.33. The molecule has 2 aromatic heterocycles. The molecule has 0 atom stereocenters. The number of fused-ring (bicyclic) bond motifs is 10. The summed E-state index contributed by atoms with van der Waals surface area (Å²) in [5.41, 5.74) is 19.6. The molecule has 2 aliphatic heterocycles.